The molecular weight excluding hydrogens is 354 g/mol. The predicted octanol–water partition coefficient (Wildman–Crippen LogP) is 4.08. The van der Waals surface area contributed by atoms with Crippen molar-refractivity contribution < 1.29 is 0 Å². The van der Waals surface area contributed by atoms with Gasteiger partial charge in [0.05, 0.1) is 11.9 Å². The van der Waals surface area contributed by atoms with E-state index in [9.17, 15) is 0 Å². The van der Waals surface area contributed by atoms with Gasteiger partial charge in [-0.15, -0.1) is 5.10 Å². The summed E-state index contributed by atoms with van der Waals surface area (Å²) >= 11 is 7.89. The molecule has 0 radical (unpaired) electrons. The fourth-order valence-electron chi connectivity index (χ4n) is 3.33. The summed E-state index contributed by atoms with van der Waals surface area (Å²) in [6, 6.07) is 8.14. The molecule has 1 aromatic carbocycles. The molecule has 4 rings (SSSR count). The summed E-state index contributed by atoms with van der Waals surface area (Å²) in [6.45, 7) is 6.17. The highest BCUT2D eigenvalue weighted by molar-refractivity contribution is 7.20. The van der Waals surface area contributed by atoms with Crippen molar-refractivity contribution in [3.8, 4) is 0 Å². The van der Waals surface area contributed by atoms with Crippen LogP contribution in [0.25, 0.3) is 4.96 Å². The van der Waals surface area contributed by atoms with Gasteiger partial charge in [-0.05, 0) is 50.4 Å². The number of nitrogens with one attached hydrogen (secondary N) is 1. The number of hydrogen-bond donors (Lipinski definition) is 1. The zero-order chi connectivity index (χ0) is 17.2. The van der Waals surface area contributed by atoms with E-state index in [1.807, 2.05) is 29.8 Å². The molecule has 0 saturated carbocycles. The predicted molar refractivity (Wildman–Crippen MR) is 104 cm³/mol. The molecule has 0 unspecified atom stereocenters. The van der Waals surface area contributed by atoms with E-state index in [4.69, 9.17) is 11.6 Å². The number of imidazole rings is 1. The number of piperidine rings is 1. The molecule has 3 heterocycles. The second kappa shape index (κ2) is 7.32. The van der Waals surface area contributed by atoms with Gasteiger partial charge in [-0.1, -0.05) is 41.1 Å². The second-order valence-electron chi connectivity index (χ2n) is 6.71. The number of aromatic nitrogens is 3. The van der Waals surface area contributed by atoms with Crippen molar-refractivity contribution in [1.82, 2.24) is 19.5 Å². The smallest absolute Gasteiger partial charge is 0.214 e. The van der Waals surface area contributed by atoms with Crippen LogP contribution in [-0.4, -0.2) is 39.1 Å². The van der Waals surface area contributed by atoms with Gasteiger partial charge < -0.3 is 5.32 Å². The summed E-state index contributed by atoms with van der Waals surface area (Å²) < 4.78 is 1.86. The number of fused-ring (bicyclic) bond motifs is 1. The minimum atomic E-state index is 0.695. The maximum absolute atomic E-state index is 6.27. The van der Waals surface area contributed by atoms with E-state index in [0.29, 0.717) is 5.92 Å². The van der Waals surface area contributed by atoms with E-state index in [2.05, 4.69) is 32.4 Å². The number of rotatable bonds is 5. The molecule has 3 aromatic rings. The van der Waals surface area contributed by atoms with Crippen molar-refractivity contribution in [3.63, 3.8) is 0 Å². The Balaban J connectivity index is 1.26. The molecule has 1 aliphatic heterocycles. The van der Waals surface area contributed by atoms with Gasteiger partial charge in [0.1, 0.15) is 0 Å². The maximum atomic E-state index is 6.27. The lowest BCUT2D eigenvalue weighted by Gasteiger charge is -2.32. The molecule has 132 valence electrons. The molecule has 1 fully saturated rings. The molecule has 0 amide bonds. The standard InChI is InChI=1S/C18H22ClN5S/c1-13-11-24-18(21-13)25-17(22-24)20-10-14-6-8-23(9-7-14)12-15-4-2-3-5-16(15)19/h2-5,11,14H,6-10,12H2,1H3,(H,20,22). The van der Waals surface area contributed by atoms with Gasteiger partial charge in [0.15, 0.2) is 0 Å². The first-order valence-electron chi connectivity index (χ1n) is 8.70. The van der Waals surface area contributed by atoms with Crippen molar-refractivity contribution in [1.29, 1.82) is 0 Å². The molecule has 1 saturated heterocycles. The first-order chi connectivity index (χ1) is 12.2. The van der Waals surface area contributed by atoms with Gasteiger partial charge >= 0.3 is 0 Å². The number of anilines is 1. The third kappa shape index (κ3) is 3.97. The topological polar surface area (TPSA) is 45.5 Å². The van der Waals surface area contributed by atoms with Crippen LogP contribution in [0.3, 0.4) is 0 Å². The zero-order valence-corrected chi connectivity index (χ0v) is 15.9. The lowest BCUT2D eigenvalue weighted by Crippen LogP contribution is -2.35. The van der Waals surface area contributed by atoms with Crippen LogP contribution in [0.15, 0.2) is 30.5 Å². The van der Waals surface area contributed by atoms with Crippen molar-refractivity contribution in [2.75, 3.05) is 25.0 Å². The fourth-order valence-corrected chi connectivity index (χ4v) is 4.36. The van der Waals surface area contributed by atoms with E-state index in [1.54, 1.807) is 11.3 Å². The Hall–Kier alpha value is -1.63. The molecule has 0 atom stereocenters. The van der Waals surface area contributed by atoms with Crippen LogP contribution in [0.2, 0.25) is 5.02 Å². The molecule has 25 heavy (non-hydrogen) atoms. The van der Waals surface area contributed by atoms with Crippen LogP contribution in [-0.2, 0) is 6.54 Å². The minimum absolute atomic E-state index is 0.695. The number of aryl methyl sites for hydroxylation is 1. The average Bonchev–Trinajstić information content (AvgIpc) is 3.13. The summed E-state index contributed by atoms with van der Waals surface area (Å²) in [5.74, 6) is 0.695. The molecule has 0 spiro atoms. The van der Waals surface area contributed by atoms with Gasteiger partial charge in [0.2, 0.25) is 10.1 Å². The molecule has 0 bridgehead atoms. The normalized spacial score (nSPS) is 16.6. The lowest BCUT2D eigenvalue weighted by molar-refractivity contribution is 0.182. The molecule has 1 N–H and O–H groups in total. The van der Waals surface area contributed by atoms with Gasteiger partial charge in [0, 0.05) is 18.1 Å². The highest BCUT2D eigenvalue weighted by atomic mass is 35.5. The van der Waals surface area contributed by atoms with E-state index >= 15 is 0 Å². The zero-order valence-electron chi connectivity index (χ0n) is 14.3. The number of nitrogens with zero attached hydrogens (tertiary/aromatic N) is 4. The van der Waals surface area contributed by atoms with Crippen LogP contribution >= 0.6 is 22.9 Å². The van der Waals surface area contributed by atoms with Crippen LogP contribution in [0.1, 0.15) is 24.1 Å². The first-order valence-corrected chi connectivity index (χ1v) is 9.89. The molecule has 1 aliphatic rings. The van der Waals surface area contributed by atoms with E-state index in [0.717, 1.165) is 47.0 Å². The Kier molecular flexibility index (Phi) is 4.92. The van der Waals surface area contributed by atoms with Crippen molar-refractivity contribution in [2.45, 2.75) is 26.3 Å². The van der Waals surface area contributed by atoms with Crippen LogP contribution in [0.4, 0.5) is 5.13 Å². The summed E-state index contributed by atoms with van der Waals surface area (Å²) in [6.07, 6.45) is 4.38. The Morgan fingerprint density at radius 1 is 1.28 bits per heavy atom. The Labute approximate surface area is 156 Å². The highest BCUT2D eigenvalue weighted by Gasteiger charge is 2.20. The number of hydrogen-bond acceptors (Lipinski definition) is 5. The second-order valence-corrected chi connectivity index (χ2v) is 8.07. The van der Waals surface area contributed by atoms with E-state index in [1.165, 1.54) is 18.4 Å². The van der Waals surface area contributed by atoms with Gasteiger partial charge in [-0.2, -0.15) is 0 Å². The third-order valence-corrected chi connectivity index (χ3v) is 6.01. The number of halogens is 1. The third-order valence-electron chi connectivity index (χ3n) is 4.76. The van der Waals surface area contributed by atoms with Crippen LogP contribution in [0.5, 0.6) is 0 Å². The SMILES string of the molecule is Cc1cn2nc(NCC3CCN(Cc4ccccc4Cl)CC3)sc2n1. The highest BCUT2D eigenvalue weighted by Crippen LogP contribution is 2.24. The van der Waals surface area contributed by atoms with Crippen molar-refractivity contribution >= 4 is 33.0 Å². The monoisotopic (exact) mass is 375 g/mol. The summed E-state index contributed by atoms with van der Waals surface area (Å²) in [4.78, 5) is 7.90. The summed E-state index contributed by atoms with van der Waals surface area (Å²) in [5, 5.41) is 9.85. The van der Waals surface area contributed by atoms with E-state index in [-0.39, 0.29) is 0 Å². The molecule has 5 nitrogen and oxygen atoms in total. The largest absolute Gasteiger partial charge is 0.360 e. The fraction of sp³-hybridized carbons (Fsp3) is 0.444. The van der Waals surface area contributed by atoms with Gasteiger partial charge in [0.25, 0.3) is 0 Å². The number of likely N-dealkylation sites (tertiary alicyclic amines) is 1. The molecule has 0 aliphatic carbocycles. The number of benzene rings is 1. The quantitative estimate of drug-likeness (QED) is 0.729. The van der Waals surface area contributed by atoms with Gasteiger partial charge in [-0.25, -0.2) is 9.50 Å². The van der Waals surface area contributed by atoms with Gasteiger partial charge in [-0.3, -0.25) is 4.90 Å². The van der Waals surface area contributed by atoms with Crippen LogP contribution in [0, 0.1) is 12.8 Å². The van der Waals surface area contributed by atoms with Crippen molar-refractivity contribution in [3.05, 3.63) is 46.7 Å². The van der Waals surface area contributed by atoms with Crippen LogP contribution < -0.4 is 5.32 Å². The maximum Gasteiger partial charge on any atom is 0.214 e. The molecular formula is C18H22ClN5S. The first kappa shape index (κ1) is 16.8. The minimum Gasteiger partial charge on any atom is -0.360 e. The summed E-state index contributed by atoms with van der Waals surface area (Å²) in [5.41, 5.74) is 2.23. The lowest BCUT2D eigenvalue weighted by atomic mass is 9.96. The Morgan fingerprint density at radius 3 is 2.84 bits per heavy atom. The van der Waals surface area contributed by atoms with Crippen molar-refractivity contribution in [2.24, 2.45) is 5.92 Å². The molecule has 2 aromatic heterocycles. The Bertz CT molecular complexity index is 819. The summed E-state index contributed by atoms with van der Waals surface area (Å²) in [7, 11) is 0. The molecule has 7 heteroatoms. The average molecular weight is 376 g/mol. The van der Waals surface area contributed by atoms with E-state index < -0.39 is 0 Å². The Morgan fingerprint density at radius 2 is 2.08 bits per heavy atom.